The van der Waals surface area contributed by atoms with Gasteiger partial charge in [0.05, 0.1) is 0 Å². The Labute approximate surface area is 204 Å². The Morgan fingerprint density at radius 3 is 1.21 bits per heavy atom. The summed E-state index contributed by atoms with van der Waals surface area (Å²) < 4.78 is 0. The van der Waals surface area contributed by atoms with Crippen molar-refractivity contribution < 1.29 is 0 Å². The highest BCUT2D eigenvalue weighted by atomic mass is 14.3. The molecule has 2 aliphatic rings. The van der Waals surface area contributed by atoms with Crippen LogP contribution in [0.4, 0.5) is 0 Å². The van der Waals surface area contributed by atoms with E-state index in [-0.39, 0.29) is 0 Å². The maximum absolute atomic E-state index is 2.37. The van der Waals surface area contributed by atoms with Crippen LogP contribution in [0.1, 0.15) is 108 Å². The third-order valence-corrected chi connectivity index (χ3v) is 9.13. The molecule has 2 saturated carbocycles. The Kier molecular flexibility index (Phi) is 9.51. The Hall–Kier alpha value is -1.56. The molecule has 180 valence electrons. The van der Waals surface area contributed by atoms with Crippen LogP contribution in [-0.2, 0) is 12.8 Å². The summed E-state index contributed by atoms with van der Waals surface area (Å²) in [6.45, 7) is 4.70. The van der Waals surface area contributed by atoms with Gasteiger partial charge in [-0.2, -0.15) is 0 Å². The van der Waals surface area contributed by atoms with E-state index in [1.807, 2.05) is 0 Å². The van der Waals surface area contributed by atoms with E-state index >= 15 is 0 Å². The van der Waals surface area contributed by atoms with Crippen molar-refractivity contribution in [1.29, 1.82) is 0 Å². The Morgan fingerprint density at radius 2 is 0.848 bits per heavy atom. The van der Waals surface area contributed by atoms with Gasteiger partial charge >= 0.3 is 0 Å². The van der Waals surface area contributed by atoms with Crippen molar-refractivity contribution in [2.45, 2.75) is 110 Å². The quantitative estimate of drug-likeness (QED) is 0.342. The van der Waals surface area contributed by atoms with Gasteiger partial charge in [0, 0.05) is 0 Å². The first-order valence-electron chi connectivity index (χ1n) is 14.4. The van der Waals surface area contributed by atoms with Gasteiger partial charge in [-0.3, -0.25) is 0 Å². The van der Waals surface area contributed by atoms with Crippen molar-refractivity contribution in [2.75, 3.05) is 0 Å². The zero-order valence-electron chi connectivity index (χ0n) is 21.5. The van der Waals surface area contributed by atoms with Crippen LogP contribution in [0, 0.1) is 23.7 Å². The first kappa shape index (κ1) is 24.6. The van der Waals surface area contributed by atoms with Gasteiger partial charge in [0.15, 0.2) is 0 Å². The van der Waals surface area contributed by atoms with E-state index in [0.29, 0.717) is 0 Å². The van der Waals surface area contributed by atoms with Gasteiger partial charge in [-0.25, -0.2) is 0 Å². The van der Waals surface area contributed by atoms with E-state index in [1.165, 1.54) is 119 Å². The lowest BCUT2D eigenvalue weighted by molar-refractivity contribution is 0.252. The second-order valence-corrected chi connectivity index (χ2v) is 11.4. The van der Waals surface area contributed by atoms with Crippen LogP contribution < -0.4 is 0 Å². The molecule has 4 rings (SSSR count). The van der Waals surface area contributed by atoms with E-state index in [0.717, 1.165) is 23.7 Å². The molecule has 2 aliphatic carbocycles. The van der Waals surface area contributed by atoms with E-state index in [4.69, 9.17) is 0 Å². The monoisotopic (exact) mass is 444 g/mol. The predicted octanol–water partition coefficient (Wildman–Crippen LogP) is 10.0. The second kappa shape index (κ2) is 12.8. The Morgan fingerprint density at radius 1 is 0.485 bits per heavy atom. The largest absolute Gasteiger partial charge is 0.0654 e. The van der Waals surface area contributed by atoms with E-state index in [1.54, 1.807) is 0 Å². The normalized spacial score (nSPS) is 25.8. The molecule has 0 N–H and O–H groups in total. The van der Waals surface area contributed by atoms with Gasteiger partial charge in [-0.15, -0.1) is 0 Å². The highest BCUT2D eigenvalue weighted by molar-refractivity contribution is 5.64. The third-order valence-electron chi connectivity index (χ3n) is 9.13. The second-order valence-electron chi connectivity index (χ2n) is 11.4. The minimum absolute atomic E-state index is 0.964. The molecule has 33 heavy (non-hydrogen) atoms. The van der Waals surface area contributed by atoms with Crippen LogP contribution in [0.3, 0.4) is 0 Å². The molecular formula is C33H48. The lowest BCUT2D eigenvalue weighted by atomic mass is 9.78. The van der Waals surface area contributed by atoms with Gasteiger partial charge in [-0.1, -0.05) is 133 Å². The summed E-state index contributed by atoms with van der Waals surface area (Å²) in [6.07, 6.45) is 21.2. The molecule has 0 saturated heterocycles. The summed E-state index contributed by atoms with van der Waals surface area (Å²) in [5.41, 5.74) is 5.76. The van der Waals surface area contributed by atoms with Gasteiger partial charge in [-0.05, 0) is 71.6 Å². The average molecular weight is 445 g/mol. The Bertz CT molecular complexity index is 783. The molecule has 0 bridgehead atoms. The summed E-state index contributed by atoms with van der Waals surface area (Å²) in [7, 11) is 0. The number of aryl methyl sites for hydroxylation is 2. The summed E-state index contributed by atoms with van der Waals surface area (Å²) >= 11 is 0. The summed E-state index contributed by atoms with van der Waals surface area (Å²) in [5, 5.41) is 0. The van der Waals surface area contributed by atoms with Gasteiger partial charge in [0.1, 0.15) is 0 Å². The van der Waals surface area contributed by atoms with Crippen LogP contribution in [0.5, 0.6) is 0 Å². The SMILES string of the molecule is CCCC1CCC(CCc2ccc(-c3ccc(CCC4CCC(CC)CC4)cc3)cc2)CC1. The number of rotatable bonds is 10. The maximum atomic E-state index is 2.37. The zero-order chi connectivity index (χ0) is 22.9. The van der Waals surface area contributed by atoms with Crippen molar-refractivity contribution in [2.24, 2.45) is 23.7 Å². The first-order valence-corrected chi connectivity index (χ1v) is 14.4. The molecule has 2 aromatic carbocycles. The molecule has 0 unspecified atom stereocenters. The maximum Gasteiger partial charge on any atom is -0.0184 e. The molecule has 0 heteroatoms. The topological polar surface area (TPSA) is 0 Å². The van der Waals surface area contributed by atoms with Crippen LogP contribution in [0.15, 0.2) is 48.5 Å². The van der Waals surface area contributed by atoms with Gasteiger partial charge in [0.2, 0.25) is 0 Å². The summed E-state index contributed by atoms with van der Waals surface area (Å²) in [4.78, 5) is 0. The average Bonchev–Trinajstić information content (AvgIpc) is 2.88. The highest BCUT2D eigenvalue weighted by Crippen LogP contribution is 2.35. The molecular weight excluding hydrogens is 396 g/mol. The fourth-order valence-electron chi connectivity index (χ4n) is 6.61. The van der Waals surface area contributed by atoms with Crippen molar-refractivity contribution in [3.8, 4) is 11.1 Å². The van der Waals surface area contributed by atoms with Crippen molar-refractivity contribution in [3.05, 3.63) is 59.7 Å². The zero-order valence-corrected chi connectivity index (χ0v) is 21.5. The number of hydrogen-bond acceptors (Lipinski definition) is 0. The number of hydrogen-bond donors (Lipinski definition) is 0. The smallest absolute Gasteiger partial charge is 0.0184 e. The minimum Gasteiger partial charge on any atom is -0.0654 e. The fourth-order valence-corrected chi connectivity index (χ4v) is 6.61. The Balaban J connectivity index is 1.20. The third kappa shape index (κ3) is 7.46. The molecule has 0 radical (unpaired) electrons. The number of benzene rings is 2. The molecule has 0 aromatic heterocycles. The molecule has 2 aromatic rings. The van der Waals surface area contributed by atoms with Gasteiger partial charge < -0.3 is 0 Å². The van der Waals surface area contributed by atoms with Crippen molar-refractivity contribution in [1.82, 2.24) is 0 Å². The van der Waals surface area contributed by atoms with E-state index in [2.05, 4.69) is 62.4 Å². The highest BCUT2D eigenvalue weighted by Gasteiger charge is 2.21. The first-order chi connectivity index (χ1) is 16.2. The standard InChI is InChI=1S/C33H48/c1-3-5-27-10-12-29(13-11-27)15-17-31-20-24-33(25-21-31)32-22-18-30(19-23-32)16-14-28-8-6-26(4-2)7-9-28/h18-29H,3-17H2,1-2H3. The van der Waals surface area contributed by atoms with Crippen LogP contribution in [0.2, 0.25) is 0 Å². The molecule has 0 amide bonds. The molecule has 0 spiro atoms. The minimum atomic E-state index is 0.964. The van der Waals surface area contributed by atoms with Crippen LogP contribution in [-0.4, -0.2) is 0 Å². The molecule has 2 fully saturated rings. The molecule has 0 heterocycles. The molecule has 0 nitrogen and oxygen atoms in total. The van der Waals surface area contributed by atoms with E-state index < -0.39 is 0 Å². The molecule has 0 aliphatic heterocycles. The van der Waals surface area contributed by atoms with Crippen molar-refractivity contribution in [3.63, 3.8) is 0 Å². The van der Waals surface area contributed by atoms with Crippen molar-refractivity contribution >= 4 is 0 Å². The summed E-state index contributed by atoms with van der Waals surface area (Å²) in [5.74, 6) is 3.97. The lowest BCUT2D eigenvalue weighted by Crippen LogP contribution is -2.15. The van der Waals surface area contributed by atoms with Crippen LogP contribution in [0.25, 0.3) is 11.1 Å². The fraction of sp³-hybridized carbons (Fsp3) is 0.636. The van der Waals surface area contributed by atoms with Crippen LogP contribution >= 0.6 is 0 Å². The lowest BCUT2D eigenvalue weighted by Gasteiger charge is -2.28. The van der Waals surface area contributed by atoms with E-state index in [9.17, 15) is 0 Å². The predicted molar refractivity (Wildman–Crippen MR) is 145 cm³/mol. The summed E-state index contributed by atoms with van der Waals surface area (Å²) in [6, 6.07) is 18.9. The van der Waals surface area contributed by atoms with Gasteiger partial charge in [0.25, 0.3) is 0 Å². The molecule has 0 atom stereocenters.